The van der Waals surface area contributed by atoms with E-state index in [9.17, 15) is 8.78 Å². The van der Waals surface area contributed by atoms with Gasteiger partial charge < -0.3 is 15.4 Å². The highest BCUT2D eigenvalue weighted by molar-refractivity contribution is 5.62. The number of ether oxygens (including phenoxy) is 1. The zero-order chi connectivity index (χ0) is 20.0. The molecule has 3 nitrogen and oxygen atoms in total. The zero-order valence-electron chi connectivity index (χ0n) is 16.8. The normalized spacial score (nSPS) is 28.4. The number of halogens is 2. The lowest BCUT2D eigenvalue weighted by Crippen LogP contribution is -2.49. The summed E-state index contributed by atoms with van der Waals surface area (Å²) in [4.78, 5) is 0. The van der Waals surface area contributed by atoms with Gasteiger partial charge in [0.15, 0.2) is 0 Å². The maximum atomic E-state index is 14.5. The van der Waals surface area contributed by atoms with Crippen molar-refractivity contribution < 1.29 is 13.5 Å². The number of piperidine rings is 1. The van der Waals surface area contributed by atoms with E-state index >= 15 is 0 Å². The molecule has 2 aromatic carbocycles. The fourth-order valence-corrected chi connectivity index (χ4v) is 5.18. The summed E-state index contributed by atoms with van der Waals surface area (Å²) in [5, 5.41) is 7.21. The quantitative estimate of drug-likeness (QED) is 0.722. The summed E-state index contributed by atoms with van der Waals surface area (Å²) >= 11 is 0. The van der Waals surface area contributed by atoms with E-state index in [2.05, 4.69) is 41.8 Å². The van der Waals surface area contributed by atoms with Crippen LogP contribution in [-0.2, 0) is 4.74 Å². The number of unbranched alkanes of at least 4 members (excludes halogenated alkanes) is 1. The van der Waals surface area contributed by atoms with Gasteiger partial charge >= 0.3 is 0 Å². The molecular formula is C24H28F2N2O. The van der Waals surface area contributed by atoms with Gasteiger partial charge in [-0.15, -0.1) is 0 Å². The smallest absolute Gasteiger partial charge is 0.149 e. The summed E-state index contributed by atoms with van der Waals surface area (Å²) in [6, 6.07) is 11.7. The maximum Gasteiger partial charge on any atom is 0.149 e. The monoisotopic (exact) mass is 398 g/mol. The van der Waals surface area contributed by atoms with Gasteiger partial charge in [-0.05, 0) is 35.6 Å². The molecular weight excluding hydrogens is 370 g/mol. The molecule has 2 aromatic rings. The van der Waals surface area contributed by atoms with Crippen molar-refractivity contribution in [2.75, 3.05) is 18.5 Å². The number of fused-ring (bicyclic) bond motifs is 3. The van der Waals surface area contributed by atoms with Crippen LogP contribution in [0.15, 0.2) is 36.4 Å². The maximum absolute atomic E-state index is 14.5. The van der Waals surface area contributed by atoms with Crippen molar-refractivity contribution >= 4 is 5.69 Å². The van der Waals surface area contributed by atoms with Crippen LogP contribution in [0, 0.1) is 11.6 Å². The molecule has 0 amide bonds. The molecule has 154 valence electrons. The lowest BCUT2D eigenvalue weighted by Gasteiger charge is -2.40. The number of rotatable bonds is 5. The van der Waals surface area contributed by atoms with Crippen molar-refractivity contribution in [1.29, 1.82) is 0 Å². The van der Waals surface area contributed by atoms with E-state index in [4.69, 9.17) is 4.74 Å². The minimum Gasteiger partial charge on any atom is -0.380 e. The Hall–Kier alpha value is -1.98. The number of hydrogen-bond acceptors (Lipinski definition) is 3. The van der Waals surface area contributed by atoms with Crippen molar-refractivity contribution in [3.8, 4) is 0 Å². The first-order valence-corrected chi connectivity index (χ1v) is 10.8. The Morgan fingerprint density at radius 1 is 1.07 bits per heavy atom. The molecule has 0 aromatic heterocycles. The van der Waals surface area contributed by atoms with Crippen LogP contribution in [0.5, 0.6) is 0 Å². The molecule has 3 aliphatic heterocycles. The van der Waals surface area contributed by atoms with Crippen LogP contribution >= 0.6 is 0 Å². The van der Waals surface area contributed by atoms with Gasteiger partial charge in [-0.3, -0.25) is 0 Å². The fraction of sp³-hybridized carbons (Fsp3) is 0.500. The van der Waals surface area contributed by atoms with E-state index in [1.165, 1.54) is 17.2 Å². The van der Waals surface area contributed by atoms with E-state index in [1.807, 2.05) is 0 Å². The SMILES string of the molecule is CCCC[C@H]1CC2c3cc(F)cc(F)c3NC2[C@H](c2ccc(C3COC3)cc2)N1. The number of hydrogen-bond donors (Lipinski definition) is 2. The number of anilines is 1. The van der Waals surface area contributed by atoms with Gasteiger partial charge in [0.25, 0.3) is 0 Å². The predicted molar refractivity (Wildman–Crippen MR) is 110 cm³/mol. The van der Waals surface area contributed by atoms with Gasteiger partial charge in [-0.1, -0.05) is 44.0 Å². The predicted octanol–water partition coefficient (Wildman–Crippen LogP) is 5.25. The molecule has 0 spiro atoms. The third-order valence-electron chi connectivity index (χ3n) is 6.85. The Morgan fingerprint density at radius 2 is 1.83 bits per heavy atom. The lowest BCUT2D eigenvalue weighted by atomic mass is 9.78. The molecule has 0 aliphatic carbocycles. The van der Waals surface area contributed by atoms with Crippen LogP contribution in [-0.4, -0.2) is 25.3 Å². The Kier molecular flexibility index (Phi) is 5.04. The summed E-state index contributed by atoms with van der Waals surface area (Å²) in [6.45, 7) is 3.79. The molecule has 2 N–H and O–H groups in total. The second-order valence-corrected chi connectivity index (χ2v) is 8.75. The van der Waals surface area contributed by atoms with Crippen molar-refractivity contribution in [1.82, 2.24) is 5.32 Å². The third kappa shape index (κ3) is 3.44. The van der Waals surface area contributed by atoms with Gasteiger partial charge in [0.05, 0.1) is 31.0 Å². The second kappa shape index (κ2) is 7.69. The molecule has 3 aliphatic rings. The summed E-state index contributed by atoms with van der Waals surface area (Å²) in [5.74, 6) is -0.364. The van der Waals surface area contributed by atoms with Crippen molar-refractivity contribution in [3.63, 3.8) is 0 Å². The van der Waals surface area contributed by atoms with E-state index < -0.39 is 11.6 Å². The van der Waals surface area contributed by atoms with E-state index in [-0.39, 0.29) is 18.0 Å². The van der Waals surface area contributed by atoms with Crippen molar-refractivity contribution in [2.24, 2.45) is 0 Å². The largest absolute Gasteiger partial charge is 0.380 e. The summed E-state index contributed by atoms with van der Waals surface area (Å²) in [5.41, 5.74) is 3.79. The Labute approximate surface area is 170 Å². The zero-order valence-corrected chi connectivity index (χ0v) is 16.8. The molecule has 2 unspecified atom stereocenters. The van der Waals surface area contributed by atoms with Crippen molar-refractivity contribution in [2.45, 2.75) is 62.6 Å². The third-order valence-corrected chi connectivity index (χ3v) is 6.85. The van der Waals surface area contributed by atoms with Crippen LogP contribution in [0.3, 0.4) is 0 Å². The van der Waals surface area contributed by atoms with Crippen LogP contribution in [0.1, 0.15) is 67.2 Å². The second-order valence-electron chi connectivity index (χ2n) is 8.75. The lowest BCUT2D eigenvalue weighted by molar-refractivity contribution is 0.00841. The summed E-state index contributed by atoms with van der Waals surface area (Å²) in [6.07, 6.45) is 4.29. The molecule has 3 heterocycles. The standard InChI is InChI=1S/C24H28F2N2O/c1-2-3-4-18-11-20-19-9-17(25)10-21(26)23(19)28-24(20)22(27-18)15-7-5-14(6-8-15)16-12-29-13-16/h5-10,16,18,20,22,24,27-28H,2-4,11-13H2,1H3/t18-,20?,22-,24?/m0/s1. The van der Waals surface area contributed by atoms with Crippen LogP contribution < -0.4 is 10.6 Å². The Morgan fingerprint density at radius 3 is 2.52 bits per heavy atom. The Balaban J connectivity index is 1.46. The highest BCUT2D eigenvalue weighted by Gasteiger charge is 2.44. The van der Waals surface area contributed by atoms with Gasteiger partial charge in [-0.2, -0.15) is 0 Å². The molecule has 0 bridgehead atoms. The molecule has 0 saturated carbocycles. The minimum atomic E-state index is -0.490. The summed E-state index contributed by atoms with van der Waals surface area (Å²) < 4.78 is 33.8. The molecule has 4 atom stereocenters. The van der Waals surface area contributed by atoms with Gasteiger partial charge in [0, 0.05) is 23.9 Å². The first kappa shape index (κ1) is 19.0. The number of nitrogens with one attached hydrogen (secondary N) is 2. The first-order valence-electron chi connectivity index (χ1n) is 10.8. The average molecular weight is 398 g/mol. The highest BCUT2D eigenvalue weighted by Crippen LogP contribution is 2.48. The molecule has 2 fully saturated rings. The molecule has 2 saturated heterocycles. The van der Waals surface area contributed by atoms with Gasteiger partial charge in [0.1, 0.15) is 11.6 Å². The van der Waals surface area contributed by atoms with Gasteiger partial charge in [-0.25, -0.2) is 8.78 Å². The van der Waals surface area contributed by atoms with Crippen LogP contribution in [0.25, 0.3) is 0 Å². The van der Waals surface area contributed by atoms with Gasteiger partial charge in [0.2, 0.25) is 0 Å². The summed E-state index contributed by atoms with van der Waals surface area (Å²) in [7, 11) is 0. The van der Waals surface area contributed by atoms with Crippen molar-refractivity contribution in [3.05, 3.63) is 64.7 Å². The Bertz CT molecular complexity index is 881. The average Bonchev–Trinajstić information content (AvgIpc) is 3.04. The topological polar surface area (TPSA) is 33.3 Å². The molecule has 29 heavy (non-hydrogen) atoms. The minimum absolute atomic E-state index is 0.0251. The van der Waals surface area contributed by atoms with E-state index in [1.54, 1.807) is 0 Å². The highest BCUT2D eigenvalue weighted by atomic mass is 19.1. The van der Waals surface area contributed by atoms with Crippen LogP contribution in [0.4, 0.5) is 14.5 Å². The van der Waals surface area contributed by atoms with E-state index in [0.717, 1.165) is 50.5 Å². The first-order chi connectivity index (χ1) is 14.1. The van der Waals surface area contributed by atoms with Crippen LogP contribution in [0.2, 0.25) is 0 Å². The molecule has 5 heteroatoms. The fourth-order valence-electron chi connectivity index (χ4n) is 5.18. The molecule has 5 rings (SSSR count). The molecule has 0 radical (unpaired) electrons. The van der Waals surface area contributed by atoms with E-state index in [0.29, 0.717) is 17.6 Å². The number of benzene rings is 2.